The lowest BCUT2D eigenvalue weighted by molar-refractivity contribution is 0.112. The molecule has 0 heterocycles. The molecule has 2 rings (SSSR count). The molecule has 2 nitrogen and oxygen atoms in total. The zero-order chi connectivity index (χ0) is 10.1. The van der Waals surface area contributed by atoms with Gasteiger partial charge in [-0.05, 0) is 55.4 Å². The van der Waals surface area contributed by atoms with Gasteiger partial charge in [0.25, 0.3) is 0 Å². The van der Waals surface area contributed by atoms with Gasteiger partial charge in [-0.3, -0.25) is 4.79 Å². The Morgan fingerprint density at radius 1 is 1.36 bits per heavy atom. The van der Waals surface area contributed by atoms with Crippen molar-refractivity contribution < 1.29 is 4.79 Å². The summed E-state index contributed by atoms with van der Waals surface area (Å²) in [4.78, 5) is 11.0. The second-order valence-corrected chi connectivity index (χ2v) is 3.97. The molecule has 0 bridgehead atoms. The quantitative estimate of drug-likeness (QED) is 0.544. The van der Waals surface area contributed by atoms with Crippen molar-refractivity contribution in [2.24, 2.45) is 0 Å². The van der Waals surface area contributed by atoms with Gasteiger partial charge in [0.1, 0.15) is 0 Å². The lowest BCUT2D eigenvalue weighted by Gasteiger charge is -2.20. The predicted octanol–water partition coefficient (Wildman–Crippen LogP) is 2.27. The van der Waals surface area contributed by atoms with Crippen LogP contribution in [-0.2, 0) is 12.8 Å². The number of fused-ring (bicyclic) bond motifs is 1. The van der Waals surface area contributed by atoms with E-state index in [1.165, 1.54) is 24.0 Å². The zero-order valence-electron chi connectivity index (χ0n) is 8.47. The maximum Gasteiger partial charge on any atom is 0.150 e. The molecular formula is C12H15NO. The first-order valence-electron chi connectivity index (χ1n) is 5.10. The van der Waals surface area contributed by atoms with Gasteiger partial charge in [0.05, 0.1) is 0 Å². The Labute approximate surface area is 84.1 Å². The zero-order valence-corrected chi connectivity index (χ0v) is 8.47. The van der Waals surface area contributed by atoms with Crippen molar-refractivity contribution in [2.75, 3.05) is 5.73 Å². The molecule has 0 saturated carbocycles. The van der Waals surface area contributed by atoms with Gasteiger partial charge < -0.3 is 5.73 Å². The summed E-state index contributed by atoms with van der Waals surface area (Å²) in [5, 5.41) is 0. The molecule has 0 aromatic heterocycles. The SMILES string of the molecule is Cc1c(N)cc2c(c1C=O)CCCC2. The topological polar surface area (TPSA) is 43.1 Å². The second kappa shape index (κ2) is 3.45. The summed E-state index contributed by atoms with van der Waals surface area (Å²) in [7, 11) is 0. The van der Waals surface area contributed by atoms with Crippen LogP contribution in [0.3, 0.4) is 0 Å². The van der Waals surface area contributed by atoms with Crippen LogP contribution in [0.2, 0.25) is 0 Å². The summed E-state index contributed by atoms with van der Waals surface area (Å²) in [6.07, 6.45) is 5.46. The number of anilines is 1. The molecule has 0 atom stereocenters. The number of nitrogen functional groups attached to an aromatic ring is 1. The van der Waals surface area contributed by atoms with Gasteiger partial charge in [0.15, 0.2) is 6.29 Å². The van der Waals surface area contributed by atoms with Gasteiger partial charge in [-0.2, -0.15) is 0 Å². The fourth-order valence-corrected chi connectivity index (χ4v) is 2.23. The average molecular weight is 189 g/mol. The van der Waals surface area contributed by atoms with Crippen molar-refractivity contribution in [1.29, 1.82) is 0 Å². The lowest BCUT2D eigenvalue weighted by atomic mass is 9.86. The monoisotopic (exact) mass is 189 g/mol. The van der Waals surface area contributed by atoms with Crippen LogP contribution in [0, 0.1) is 6.92 Å². The number of carbonyl (C=O) groups excluding carboxylic acids is 1. The van der Waals surface area contributed by atoms with E-state index in [9.17, 15) is 4.79 Å². The van der Waals surface area contributed by atoms with Crippen LogP contribution in [0.1, 0.15) is 39.9 Å². The molecule has 1 aromatic rings. The van der Waals surface area contributed by atoms with Gasteiger partial charge in [0.2, 0.25) is 0 Å². The van der Waals surface area contributed by atoms with Gasteiger partial charge in [-0.15, -0.1) is 0 Å². The standard InChI is InChI=1S/C12H15NO/c1-8-11(7-14)10-5-3-2-4-9(10)6-12(8)13/h6-7H,2-5,13H2,1H3. The molecule has 14 heavy (non-hydrogen) atoms. The fraction of sp³-hybridized carbons (Fsp3) is 0.417. The summed E-state index contributed by atoms with van der Waals surface area (Å²) < 4.78 is 0. The number of hydrogen-bond donors (Lipinski definition) is 1. The predicted molar refractivity (Wildman–Crippen MR) is 57.6 cm³/mol. The molecule has 0 amide bonds. The van der Waals surface area contributed by atoms with Crippen LogP contribution in [0.15, 0.2) is 6.07 Å². The molecule has 1 aliphatic rings. The molecule has 1 aliphatic carbocycles. The summed E-state index contributed by atoms with van der Waals surface area (Å²) in [6, 6.07) is 2.04. The molecule has 0 unspecified atom stereocenters. The van der Waals surface area contributed by atoms with Crippen LogP contribution in [-0.4, -0.2) is 6.29 Å². The Morgan fingerprint density at radius 3 is 2.79 bits per heavy atom. The second-order valence-electron chi connectivity index (χ2n) is 3.97. The molecular weight excluding hydrogens is 174 g/mol. The molecule has 1 aromatic carbocycles. The summed E-state index contributed by atoms with van der Waals surface area (Å²) in [6.45, 7) is 1.92. The maximum absolute atomic E-state index is 11.0. The van der Waals surface area contributed by atoms with Crippen molar-refractivity contribution in [1.82, 2.24) is 0 Å². The molecule has 0 aliphatic heterocycles. The first-order chi connectivity index (χ1) is 6.74. The number of benzene rings is 1. The minimum atomic E-state index is 0.757. The average Bonchev–Trinajstić information content (AvgIpc) is 2.20. The third-order valence-corrected chi connectivity index (χ3v) is 3.12. The third kappa shape index (κ3) is 1.31. The Morgan fingerprint density at radius 2 is 2.07 bits per heavy atom. The molecule has 2 heteroatoms. The summed E-state index contributed by atoms with van der Waals surface area (Å²) in [5.74, 6) is 0. The van der Waals surface area contributed by atoms with Gasteiger partial charge >= 0.3 is 0 Å². The first kappa shape index (κ1) is 9.25. The lowest BCUT2D eigenvalue weighted by Crippen LogP contribution is -2.09. The number of aldehydes is 1. The Kier molecular flexibility index (Phi) is 2.28. The number of carbonyl (C=O) groups is 1. The first-order valence-corrected chi connectivity index (χ1v) is 5.10. The van der Waals surface area contributed by atoms with E-state index in [0.29, 0.717) is 0 Å². The highest BCUT2D eigenvalue weighted by Crippen LogP contribution is 2.29. The van der Waals surface area contributed by atoms with Crippen molar-refractivity contribution in [3.05, 3.63) is 28.3 Å². The highest BCUT2D eigenvalue weighted by molar-refractivity contribution is 5.83. The molecule has 0 spiro atoms. The van der Waals surface area contributed by atoms with Crippen LogP contribution in [0.25, 0.3) is 0 Å². The normalized spacial score (nSPS) is 14.9. The molecule has 74 valence electrons. The Balaban J connectivity index is 2.65. The number of rotatable bonds is 1. The number of aryl methyl sites for hydroxylation is 1. The maximum atomic E-state index is 11.0. The third-order valence-electron chi connectivity index (χ3n) is 3.12. The van der Waals surface area contributed by atoms with Crippen molar-refractivity contribution in [3.8, 4) is 0 Å². The van der Waals surface area contributed by atoms with Gasteiger partial charge in [-0.25, -0.2) is 0 Å². The Bertz CT molecular complexity index is 382. The van der Waals surface area contributed by atoms with Gasteiger partial charge in [0, 0.05) is 11.3 Å². The summed E-state index contributed by atoms with van der Waals surface area (Å²) in [5.41, 5.74) is 10.9. The minimum absolute atomic E-state index is 0.757. The van der Waals surface area contributed by atoms with Crippen LogP contribution in [0.5, 0.6) is 0 Å². The molecule has 0 fully saturated rings. The highest BCUT2D eigenvalue weighted by atomic mass is 16.1. The van der Waals surface area contributed by atoms with E-state index in [-0.39, 0.29) is 0 Å². The Hall–Kier alpha value is -1.31. The van der Waals surface area contributed by atoms with Crippen LogP contribution >= 0.6 is 0 Å². The van der Waals surface area contributed by atoms with Crippen molar-refractivity contribution >= 4 is 12.0 Å². The molecule has 0 radical (unpaired) electrons. The molecule has 0 saturated heterocycles. The van der Waals surface area contributed by atoms with Crippen LogP contribution < -0.4 is 5.73 Å². The molecule has 2 N–H and O–H groups in total. The fourth-order valence-electron chi connectivity index (χ4n) is 2.23. The summed E-state index contributed by atoms with van der Waals surface area (Å²) >= 11 is 0. The van der Waals surface area contributed by atoms with E-state index < -0.39 is 0 Å². The van der Waals surface area contributed by atoms with E-state index in [1.807, 2.05) is 13.0 Å². The van der Waals surface area contributed by atoms with E-state index in [2.05, 4.69) is 0 Å². The highest BCUT2D eigenvalue weighted by Gasteiger charge is 2.16. The smallest absolute Gasteiger partial charge is 0.150 e. The number of nitrogens with two attached hydrogens (primary N) is 1. The van der Waals surface area contributed by atoms with Gasteiger partial charge in [-0.1, -0.05) is 0 Å². The van der Waals surface area contributed by atoms with Crippen molar-refractivity contribution in [3.63, 3.8) is 0 Å². The van der Waals surface area contributed by atoms with Crippen molar-refractivity contribution in [2.45, 2.75) is 32.6 Å². The van der Waals surface area contributed by atoms with E-state index >= 15 is 0 Å². The van der Waals surface area contributed by atoms with E-state index in [1.54, 1.807) is 0 Å². The van der Waals surface area contributed by atoms with Crippen LogP contribution in [0.4, 0.5) is 5.69 Å². The van der Waals surface area contributed by atoms with E-state index in [4.69, 9.17) is 5.73 Å². The minimum Gasteiger partial charge on any atom is -0.398 e. The van der Waals surface area contributed by atoms with E-state index in [0.717, 1.165) is 35.9 Å². The number of hydrogen-bond acceptors (Lipinski definition) is 2. The largest absolute Gasteiger partial charge is 0.398 e.